The van der Waals surface area contributed by atoms with Gasteiger partial charge >= 0.3 is 0 Å². The van der Waals surface area contributed by atoms with Crippen molar-refractivity contribution in [2.45, 2.75) is 24.2 Å². The Kier molecular flexibility index (Phi) is 6.83. The average Bonchev–Trinajstić information content (AvgIpc) is 2.57. The van der Waals surface area contributed by atoms with Crippen LogP contribution in [0.3, 0.4) is 0 Å². The maximum absolute atomic E-state index is 12.2. The van der Waals surface area contributed by atoms with Crippen molar-refractivity contribution in [3.63, 3.8) is 0 Å². The molecule has 2 rings (SSSR count). The summed E-state index contributed by atoms with van der Waals surface area (Å²) in [4.78, 5) is 2.65. The maximum atomic E-state index is 12.2. The van der Waals surface area contributed by atoms with Crippen LogP contribution in [0.1, 0.15) is 19.3 Å². The van der Waals surface area contributed by atoms with Crippen LogP contribution >= 0.6 is 0 Å². The van der Waals surface area contributed by atoms with E-state index in [0.717, 1.165) is 38.9 Å². The van der Waals surface area contributed by atoms with Gasteiger partial charge in [-0.3, -0.25) is 0 Å². The number of rotatable bonds is 8. The van der Waals surface area contributed by atoms with Crippen LogP contribution in [0.15, 0.2) is 29.2 Å². The number of methoxy groups -OCH3 is 1. The monoisotopic (exact) mass is 341 g/mol. The quantitative estimate of drug-likeness (QED) is 0.738. The standard InChI is InChI=1S/C16H27N3O3S/c1-22-15-2-4-16(5-3-15)23(20,21)18-10-6-14-7-11-19(12-8-14)13-9-17/h2-5,14,18H,6-13,17H2,1H3. The molecule has 0 radical (unpaired) electrons. The lowest BCUT2D eigenvalue weighted by atomic mass is 9.94. The van der Waals surface area contributed by atoms with E-state index in [0.29, 0.717) is 24.8 Å². The van der Waals surface area contributed by atoms with E-state index in [4.69, 9.17) is 10.5 Å². The molecule has 0 bridgehead atoms. The van der Waals surface area contributed by atoms with E-state index in [1.54, 1.807) is 31.4 Å². The molecule has 1 aliphatic rings. The average molecular weight is 341 g/mol. The van der Waals surface area contributed by atoms with Gasteiger partial charge in [-0.05, 0) is 62.5 Å². The van der Waals surface area contributed by atoms with Crippen molar-refractivity contribution in [1.29, 1.82) is 0 Å². The molecule has 23 heavy (non-hydrogen) atoms. The predicted octanol–water partition coefficient (Wildman–Crippen LogP) is 1.03. The van der Waals surface area contributed by atoms with Gasteiger partial charge in [-0.15, -0.1) is 0 Å². The highest BCUT2D eigenvalue weighted by Crippen LogP contribution is 2.20. The highest BCUT2D eigenvalue weighted by molar-refractivity contribution is 7.89. The van der Waals surface area contributed by atoms with Crippen LogP contribution in [0.25, 0.3) is 0 Å². The van der Waals surface area contributed by atoms with Gasteiger partial charge in [0.15, 0.2) is 0 Å². The first-order chi connectivity index (χ1) is 11.0. The molecule has 0 saturated carbocycles. The van der Waals surface area contributed by atoms with E-state index in [-0.39, 0.29) is 4.90 Å². The molecule has 7 heteroatoms. The van der Waals surface area contributed by atoms with Crippen LogP contribution in [0.2, 0.25) is 0 Å². The number of nitrogens with zero attached hydrogens (tertiary/aromatic N) is 1. The summed E-state index contributed by atoms with van der Waals surface area (Å²) < 4.78 is 32.2. The van der Waals surface area contributed by atoms with Gasteiger partial charge in [0.25, 0.3) is 0 Å². The third kappa shape index (κ3) is 5.46. The highest BCUT2D eigenvalue weighted by atomic mass is 32.2. The third-order valence-electron chi connectivity index (χ3n) is 4.37. The number of ether oxygens (including phenoxy) is 1. The molecule has 3 N–H and O–H groups in total. The summed E-state index contributed by atoms with van der Waals surface area (Å²) in [7, 11) is -1.88. The number of piperidine rings is 1. The largest absolute Gasteiger partial charge is 0.497 e. The molecule has 6 nitrogen and oxygen atoms in total. The van der Waals surface area contributed by atoms with E-state index >= 15 is 0 Å². The summed E-state index contributed by atoms with van der Waals surface area (Å²) in [5.74, 6) is 1.23. The minimum absolute atomic E-state index is 0.274. The Morgan fingerprint density at radius 1 is 1.26 bits per heavy atom. The summed E-state index contributed by atoms with van der Waals surface area (Å²) >= 11 is 0. The summed E-state index contributed by atoms with van der Waals surface area (Å²) in [6.07, 6.45) is 3.11. The minimum atomic E-state index is -3.44. The predicted molar refractivity (Wildman–Crippen MR) is 91.0 cm³/mol. The first-order valence-electron chi connectivity index (χ1n) is 8.11. The van der Waals surface area contributed by atoms with Crippen molar-refractivity contribution >= 4 is 10.0 Å². The molecule has 0 atom stereocenters. The molecule has 0 unspecified atom stereocenters. The second kappa shape index (κ2) is 8.63. The zero-order valence-corrected chi connectivity index (χ0v) is 14.5. The molecule has 1 heterocycles. The Bertz CT molecular complexity index is 567. The molecule has 0 aromatic heterocycles. The van der Waals surface area contributed by atoms with E-state index in [2.05, 4.69) is 9.62 Å². The second-order valence-corrected chi connectivity index (χ2v) is 7.70. The summed E-state index contributed by atoms with van der Waals surface area (Å²) in [5, 5.41) is 0. The second-order valence-electron chi connectivity index (χ2n) is 5.94. The van der Waals surface area contributed by atoms with E-state index in [1.807, 2.05) is 0 Å². The molecule has 1 aromatic rings. The molecule has 130 valence electrons. The van der Waals surface area contributed by atoms with E-state index in [9.17, 15) is 8.42 Å². The molecular weight excluding hydrogens is 314 g/mol. The third-order valence-corrected chi connectivity index (χ3v) is 5.84. The number of nitrogens with two attached hydrogens (primary N) is 1. The first-order valence-corrected chi connectivity index (χ1v) is 9.59. The van der Waals surface area contributed by atoms with Gasteiger partial charge in [-0.2, -0.15) is 0 Å². The molecule has 0 aliphatic carbocycles. The number of hydrogen-bond acceptors (Lipinski definition) is 5. The van der Waals surface area contributed by atoms with Crippen molar-refractivity contribution in [2.75, 3.05) is 39.8 Å². The van der Waals surface area contributed by atoms with Gasteiger partial charge in [0.1, 0.15) is 5.75 Å². The van der Waals surface area contributed by atoms with Crippen molar-refractivity contribution < 1.29 is 13.2 Å². The van der Waals surface area contributed by atoms with Gasteiger partial charge in [-0.25, -0.2) is 13.1 Å². The topological polar surface area (TPSA) is 84.7 Å². The number of nitrogens with one attached hydrogen (secondary N) is 1. The van der Waals surface area contributed by atoms with Gasteiger partial charge in [0, 0.05) is 19.6 Å². The van der Waals surface area contributed by atoms with Crippen molar-refractivity contribution in [3.8, 4) is 5.75 Å². The van der Waals surface area contributed by atoms with Gasteiger partial charge in [-0.1, -0.05) is 0 Å². The van der Waals surface area contributed by atoms with Crippen LogP contribution in [-0.2, 0) is 10.0 Å². The zero-order valence-electron chi connectivity index (χ0n) is 13.7. The molecule has 1 saturated heterocycles. The minimum Gasteiger partial charge on any atom is -0.497 e. The van der Waals surface area contributed by atoms with Crippen molar-refractivity contribution in [2.24, 2.45) is 11.7 Å². The van der Waals surface area contributed by atoms with Crippen molar-refractivity contribution in [3.05, 3.63) is 24.3 Å². The highest BCUT2D eigenvalue weighted by Gasteiger charge is 2.19. The fraction of sp³-hybridized carbons (Fsp3) is 0.625. The Hall–Kier alpha value is -1.15. The number of likely N-dealkylation sites (tertiary alicyclic amines) is 1. The number of sulfonamides is 1. The van der Waals surface area contributed by atoms with E-state index in [1.165, 1.54) is 0 Å². The fourth-order valence-corrected chi connectivity index (χ4v) is 3.96. The first kappa shape index (κ1) is 18.2. The lowest BCUT2D eigenvalue weighted by Gasteiger charge is -2.31. The Labute approximate surface area is 139 Å². The molecule has 0 spiro atoms. The van der Waals surface area contributed by atoms with Gasteiger partial charge in [0.2, 0.25) is 10.0 Å². The molecule has 1 fully saturated rings. The fourth-order valence-electron chi connectivity index (χ4n) is 2.92. The molecule has 0 amide bonds. The number of hydrogen-bond donors (Lipinski definition) is 2. The molecule has 1 aliphatic heterocycles. The van der Waals surface area contributed by atoms with Crippen LogP contribution < -0.4 is 15.2 Å². The zero-order chi connectivity index (χ0) is 16.7. The van der Waals surface area contributed by atoms with Gasteiger partial charge in [0.05, 0.1) is 12.0 Å². The Balaban J connectivity index is 1.76. The Morgan fingerprint density at radius 3 is 2.48 bits per heavy atom. The van der Waals surface area contributed by atoms with Crippen LogP contribution in [0, 0.1) is 5.92 Å². The molecule has 1 aromatic carbocycles. The van der Waals surface area contributed by atoms with E-state index < -0.39 is 10.0 Å². The van der Waals surface area contributed by atoms with Crippen LogP contribution in [0.4, 0.5) is 0 Å². The molecular formula is C16H27N3O3S. The van der Waals surface area contributed by atoms with Crippen molar-refractivity contribution in [1.82, 2.24) is 9.62 Å². The number of benzene rings is 1. The lowest BCUT2D eigenvalue weighted by molar-refractivity contribution is 0.184. The van der Waals surface area contributed by atoms with Crippen LogP contribution in [0.5, 0.6) is 5.75 Å². The normalized spacial score (nSPS) is 17.3. The SMILES string of the molecule is COc1ccc(S(=O)(=O)NCCC2CCN(CCN)CC2)cc1. The summed E-state index contributed by atoms with van der Waals surface area (Å²) in [5.41, 5.74) is 5.57. The smallest absolute Gasteiger partial charge is 0.240 e. The lowest BCUT2D eigenvalue weighted by Crippen LogP contribution is -2.37. The van der Waals surface area contributed by atoms with Gasteiger partial charge < -0.3 is 15.4 Å². The Morgan fingerprint density at radius 2 is 1.91 bits per heavy atom. The summed E-state index contributed by atoms with van der Waals surface area (Å²) in [6.45, 7) is 4.26. The maximum Gasteiger partial charge on any atom is 0.240 e. The van der Waals surface area contributed by atoms with Crippen LogP contribution in [-0.4, -0.2) is 53.2 Å². The summed E-state index contributed by atoms with van der Waals surface area (Å²) in [6, 6.07) is 6.43.